The average molecular weight is 394 g/mol. The van der Waals surface area contributed by atoms with Crippen LogP contribution in [0.5, 0.6) is 0 Å². The van der Waals surface area contributed by atoms with Gasteiger partial charge >= 0.3 is 39.8 Å². The molecule has 0 heterocycles. The molecule has 0 aliphatic rings. The first kappa shape index (κ1) is 21.8. The molecule has 0 amide bonds. The summed E-state index contributed by atoms with van der Waals surface area (Å²) in [6.45, 7) is 0. The van der Waals surface area contributed by atoms with Crippen LogP contribution in [0.4, 0.5) is 52.7 Å². The topological polar surface area (TPSA) is 43.4 Å². The van der Waals surface area contributed by atoms with Crippen LogP contribution in [-0.2, 0) is 14.3 Å². The molecule has 0 fully saturated rings. The summed E-state index contributed by atoms with van der Waals surface area (Å²) in [4.78, 5) is 0. The van der Waals surface area contributed by atoms with Crippen LogP contribution in [0.1, 0.15) is 0 Å². The number of alkyl halides is 12. The minimum Gasteiger partial charge on any atom is -0.195 e. The molecule has 0 aromatic carbocycles. The third-order valence-electron chi connectivity index (χ3n) is 1.77. The molecule has 0 N–H and O–H groups in total. The van der Waals surface area contributed by atoms with Crippen molar-refractivity contribution in [1.29, 1.82) is 0 Å². The van der Waals surface area contributed by atoms with Gasteiger partial charge in [-0.15, -0.1) is 0 Å². The fourth-order valence-electron chi connectivity index (χ4n) is 0.717. The third kappa shape index (κ3) is 4.89. The maximum atomic E-state index is 12.6. The quantitative estimate of drug-likeness (QED) is 0.308. The van der Waals surface area contributed by atoms with E-state index in [1.54, 1.807) is 0 Å². The maximum absolute atomic E-state index is 12.6. The second kappa shape index (κ2) is 5.71. The Bertz CT molecular complexity index is 554. The lowest BCUT2D eigenvalue weighted by atomic mass is 10.1. The van der Waals surface area contributed by atoms with E-state index in [0.717, 1.165) is 0 Å². The molecule has 0 aliphatic heterocycles. The summed E-state index contributed by atoms with van der Waals surface area (Å²) < 4.78 is 168. The molecule has 0 aromatic heterocycles. The lowest BCUT2D eigenvalue weighted by Crippen LogP contribution is -2.51. The fraction of sp³-hybridized carbons (Fsp3) is 0.714. The normalized spacial score (nSPS) is 16.2. The molecule has 0 aromatic rings. The molecular weight excluding hydrogens is 392 g/mol. The van der Waals surface area contributed by atoms with Crippen LogP contribution >= 0.6 is 0 Å². The first-order valence-electron chi connectivity index (χ1n) is 4.59. The lowest BCUT2D eigenvalue weighted by molar-refractivity contribution is -0.342. The molecule has 16 heteroatoms. The van der Waals surface area contributed by atoms with Gasteiger partial charge in [0, 0.05) is 6.08 Å². The molecule has 0 atom stereocenters. The van der Waals surface area contributed by atoms with Gasteiger partial charge in [-0.3, -0.25) is 0 Å². The Morgan fingerprint density at radius 2 is 1.09 bits per heavy atom. The van der Waals surface area contributed by atoms with Crippen molar-refractivity contribution in [3.63, 3.8) is 0 Å². The van der Waals surface area contributed by atoms with Crippen molar-refractivity contribution in [2.45, 2.75) is 29.6 Å². The van der Waals surface area contributed by atoms with Crippen molar-refractivity contribution in [3.05, 3.63) is 12.2 Å². The van der Waals surface area contributed by atoms with E-state index in [9.17, 15) is 61.1 Å². The summed E-state index contributed by atoms with van der Waals surface area (Å²) >= 11 is 0. The summed E-state index contributed by atoms with van der Waals surface area (Å²) in [5.74, 6) is -13.2. The highest BCUT2D eigenvalue weighted by Gasteiger charge is 2.72. The molecule has 138 valence electrons. The van der Waals surface area contributed by atoms with Crippen molar-refractivity contribution < 1.29 is 65.3 Å². The van der Waals surface area contributed by atoms with Crippen LogP contribution in [0.3, 0.4) is 0 Å². The minimum atomic E-state index is -7.04. The Hall–Kier alpha value is -1.19. The van der Waals surface area contributed by atoms with Gasteiger partial charge in [0.2, 0.25) is 0 Å². The summed E-state index contributed by atoms with van der Waals surface area (Å²) in [6.07, 6.45) is -16.2. The average Bonchev–Trinajstić information content (AvgIpc) is 2.22. The number of allylic oxidation sites excluding steroid dienone is 1. The van der Waals surface area contributed by atoms with E-state index < -0.39 is 51.9 Å². The Morgan fingerprint density at radius 1 is 0.696 bits per heavy atom. The number of hydrogen-bond acceptors (Lipinski definition) is 3. The predicted molar refractivity (Wildman–Crippen MR) is 46.1 cm³/mol. The monoisotopic (exact) mass is 394 g/mol. The van der Waals surface area contributed by atoms with Gasteiger partial charge in [0.05, 0.1) is 0 Å². The number of halogens is 12. The summed E-state index contributed by atoms with van der Waals surface area (Å²) in [6, 6.07) is 0. The highest BCUT2D eigenvalue weighted by Crippen LogP contribution is 2.47. The van der Waals surface area contributed by atoms with Crippen LogP contribution in [0.2, 0.25) is 0 Å². The number of rotatable bonds is 5. The largest absolute Gasteiger partial charge is 0.523 e. The van der Waals surface area contributed by atoms with E-state index in [4.69, 9.17) is 0 Å². The van der Waals surface area contributed by atoms with Crippen molar-refractivity contribution in [2.24, 2.45) is 0 Å². The Labute approximate surface area is 118 Å². The third-order valence-corrected chi connectivity index (χ3v) is 2.77. The highest BCUT2D eigenvalue weighted by atomic mass is 32.2. The van der Waals surface area contributed by atoms with Gasteiger partial charge in [0.15, 0.2) is 0 Å². The van der Waals surface area contributed by atoms with Gasteiger partial charge < -0.3 is 0 Å². The van der Waals surface area contributed by atoms with Gasteiger partial charge in [-0.1, -0.05) is 0 Å². The first-order valence-corrected chi connectivity index (χ1v) is 5.99. The van der Waals surface area contributed by atoms with Crippen LogP contribution in [0.15, 0.2) is 12.2 Å². The van der Waals surface area contributed by atoms with Crippen molar-refractivity contribution in [3.8, 4) is 0 Å². The zero-order chi connectivity index (χ0) is 19.1. The predicted octanol–water partition coefficient (Wildman–Crippen LogP) is 3.83. The lowest BCUT2D eigenvalue weighted by Gasteiger charge is -2.26. The van der Waals surface area contributed by atoms with E-state index in [2.05, 4.69) is 4.18 Å². The van der Waals surface area contributed by atoms with E-state index >= 15 is 0 Å². The summed E-state index contributed by atoms with van der Waals surface area (Å²) in [5.41, 5.74) is -6.43. The highest BCUT2D eigenvalue weighted by molar-refractivity contribution is 7.87. The Balaban J connectivity index is 5.52. The second-order valence-electron chi connectivity index (χ2n) is 3.57. The molecule has 0 unspecified atom stereocenters. The summed E-state index contributed by atoms with van der Waals surface area (Å²) in [5, 5.41) is 0. The zero-order valence-electron chi connectivity index (χ0n) is 9.82. The van der Waals surface area contributed by atoms with E-state index in [0.29, 0.717) is 0 Å². The molecule has 0 radical (unpaired) electrons. The maximum Gasteiger partial charge on any atom is 0.523 e. The minimum absolute atomic E-state index is 1.68. The van der Waals surface area contributed by atoms with Crippen LogP contribution in [0, 0.1) is 0 Å². The van der Waals surface area contributed by atoms with E-state index in [-0.39, 0.29) is 0 Å². The van der Waals surface area contributed by atoms with Crippen molar-refractivity contribution >= 4 is 10.1 Å². The van der Waals surface area contributed by atoms with Crippen LogP contribution < -0.4 is 0 Å². The molecule has 23 heavy (non-hydrogen) atoms. The zero-order valence-corrected chi connectivity index (χ0v) is 10.6. The Morgan fingerprint density at radius 3 is 1.39 bits per heavy atom. The van der Waals surface area contributed by atoms with Crippen LogP contribution in [-0.4, -0.2) is 38.1 Å². The first-order chi connectivity index (χ1) is 9.66. The molecule has 0 bridgehead atoms. The van der Waals surface area contributed by atoms with Gasteiger partial charge in [-0.05, 0) is 6.08 Å². The molecule has 0 aliphatic carbocycles. The molecule has 0 saturated carbocycles. The molecule has 3 nitrogen and oxygen atoms in total. The van der Waals surface area contributed by atoms with Gasteiger partial charge in [0.1, 0.15) is 0 Å². The number of hydrogen-bond donors (Lipinski definition) is 0. The summed E-state index contributed by atoms with van der Waals surface area (Å²) in [7, 11) is -7.04. The molecule has 0 rings (SSSR count). The smallest absolute Gasteiger partial charge is 0.195 e. The standard InChI is InChI=1S/C7H2F12O3S/c8-3(9,5(12,13)6(14,15)16)1-2-4(10,11)22-23(20,21)7(17,18)19/h1-2H/b2-1+. The van der Waals surface area contributed by atoms with Gasteiger partial charge in [-0.2, -0.15) is 65.3 Å². The SMILES string of the molecule is O=S(=O)(OC(F)(F)/C=C/C(F)(F)C(F)(F)C(F)(F)F)C(F)(F)F. The Kier molecular flexibility index (Phi) is 5.42. The molecular formula is C7H2F12O3S. The van der Waals surface area contributed by atoms with E-state index in [1.165, 1.54) is 0 Å². The van der Waals surface area contributed by atoms with Crippen molar-refractivity contribution in [2.75, 3.05) is 0 Å². The van der Waals surface area contributed by atoms with Crippen molar-refractivity contribution in [1.82, 2.24) is 0 Å². The van der Waals surface area contributed by atoms with Gasteiger partial charge in [-0.25, -0.2) is 0 Å². The second-order valence-corrected chi connectivity index (χ2v) is 5.11. The van der Waals surface area contributed by atoms with Crippen LogP contribution in [0.25, 0.3) is 0 Å². The molecule has 0 saturated heterocycles. The van der Waals surface area contributed by atoms with Gasteiger partial charge in [0.25, 0.3) is 0 Å². The molecule has 0 spiro atoms. The fourth-order valence-corrected chi connectivity index (χ4v) is 1.16. The van der Waals surface area contributed by atoms with E-state index in [1.807, 2.05) is 0 Å².